The molecular weight excluding hydrogens is 210 g/mol. The number of hydrogen-bond donors (Lipinski definition) is 0. The van der Waals surface area contributed by atoms with Gasteiger partial charge in [-0.1, -0.05) is 33.6 Å². The summed E-state index contributed by atoms with van der Waals surface area (Å²) in [6.45, 7) is 7.12. The molecule has 0 aliphatic rings. The van der Waals surface area contributed by atoms with Crippen molar-refractivity contribution < 1.29 is 9.36 Å². The molecule has 1 heterocycles. The van der Waals surface area contributed by atoms with Crippen LogP contribution in [0.1, 0.15) is 56.8 Å². The Kier molecular flexibility index (Phi) is 5.88. The van der Waals surface area contributed by atoms with E-state index in [4.69, 9.17) is 0 Å². The van der Waals surface area contributed by atoms with Crippen molar-refractivity contribution in [2.24, 2.45) is 5.92 Å². The molecule has 1 aromatic heterocycles. The van der Waals surface area contributed by atoms with E-state index in [1.54, 1.807) is 0 Å². The number of aromatic nitrogens is 1. The fourth-order valence-corrected chi connectivity index (χ4v) is 1.86. The summed E-state index contributed by atoms with van der Waals surface area (Å²) in [6.07, 6.45) is 9.04. The summed E-state index contributed by atoms with van der Waals surface area (Å²) in [5.74, 6) is 0.304. The van der Waals surface area contributed by atoms with Gasteiger partial charge in [0.1, 0.15) is 6.54 Å². The third-order valence-electron chi connectivity index (χ3n) is 2.94. The third-order valence-corrected chi connectivity index (χ3v) is 2.94. The van der Waals surface area contributed by atoms with Crippen LogP contribution in [0.2, 0.25) is 0 Å². The molecule has 1 aromatic rings. The Hall–Kier alpha value is -1.18. The summed E-state index contributed by atoms with van der Waals surface area (Å²) in [7, 11) is 0. The monoisotopic (exact) mass is 234 g/mol. The highest BCUT2D eigenvalue weighted by Crippen LogP contribution is 2.06. The Bertz CT molecular complexity index is 358. The van der Waals surface area contributed by atoms with Crippen LogP contribution in [0.25, 0.3) is 0 Å². The number of unbranched alkanes of at least 4 members (excludes halogenated alkanes) is 3. The average molecular weight is 234 g/mol. The number of carbonyl (C=O) groups is 1. The Morgan fingerprint density at radius 3 is 2.71 bits per heavy atom. The van der Waals surface area contributed by atoms with E-state index in [0.29, 0.717) is 0 Å². The summed E-state index contributed by atoms with van der Waals surface area (Å²) in [4.78, 5) is 11.9. The number of carbonyl (C=O) groups excluding carboxylic acids is 1. The molecule has 0 fully saturated rings. The molecule has 94 valence electrons. The molecule has 1 rings (SSSR count). The van der Waals surface area contributed by atoms with Gasteiger partial charge < -0.3 is 0 Å². The molecule has 0 saturated heterocycles. The summed E-state index contributed by atoms with van der Waals surface area (Å²) in [5, 5.41) is 0. The van der Waals surface area contributed by atoms with Gasteiger partial charge in [0.05, 0.1) is 5.56 Å². The number of aryl methyl sites for hydroxylation is 1. The Balaban J connectivity index is 2.57. The zero-order valence-corrected chi connectivity index (χ0v) is 11.3. The predicted molar refractivity (Wildman–Crippen MR) is 69.9 cm³/mol. The first-order chi connectivity index (χ1) is 8.15. The van der Waals surface area contributed by atoms with Gasteiger partial charge in [-0.2, -0.15) is 0 Å². The molecule has 0 atom stereocenters. The number of ketones is 1. The van der Waals surface area contributed by atoms with Crippen molar-refractivity contribution in [1.82, 2.24) is 0 Å². The minimum absolute atomic E-state index is 0.0749. The van der Waals surface area contributed by atoms with Crippen molar-refractivity contribution in [1.29, 1.82) is 0 Å². The van der Waals surface area contributed by atoms with E-state index in [0.717, 1.165) is 12.1 Å². The summed E-state index contributed by atoms with van der Waals surface area (Å²) < 4.78 is 2.13. The van der Waals surface area contributed by atoms with Crippen molar-refractivity contribution in [3.8, 4) is 0 Å². The lowest BCUT2D eigenvalue weighted by Gasteiger charge is -2.03. The summed E-state index contributed by atoms with van der Waals surface area (Å²) in [6, 6.07) is 3.88. The van der Waals surface area contributed by atoms with Crippen LogP contribution in [0.5, 0.6) is 0 Å². The van der Waals surface area contributed by atoms with Crippen LogP contribution in [0.15, 0.2) is 24.5 Å². The van der Waals surface area contributed by atoms with E-state index >= 15 is 0 Å². The molecule has 0 aliphatic carbocycles. The molecule has 0 bridgehead atoms. The molecule has 0 aliphatic heterocycles. The highest BCUT2D eigenvalue weighted by molar-refractivity contribution is 5.96. The predicted octanol–water partition coefficient (Wildman–Crippen LogP) is 3.39. The van der Waals surface area contributed by atoms with Gasteiger partial charge in [0.2, 0.25) is 0 Å². The lowest BCUT2D eigenvalue weighted by molar-refractivity contribution is -0.697. The number of Topliss-reactive ketones (excluding diaryl/α,β-unsaturated/α-hetero) is 1. The van der Waals surface area contributed by atoms with E-state index in [9.17, 15) is 4.79 Å². The molecule has 0 saturated carbocycles. The number of rotatable bonds is 7. The molecule has 2 heteroatoms. The van der Waals surface area contributed by atoms with E-state index in [2.05, 4.69) is 11.5 Å². The van der Waals surface area contributed by atoms with Crippen LogP contribution in [0.4, 0.5) is 0 Å². The van der Waals surface area contributed by atoms with E-state index < -0.39 is 0 Å². The molecule has 0 amide bonds. The van der Waals surface area contributed by atoms with Gasteiger partial charge in [0.25, 0.3) is 0 Å². The first kappa shape index (κ1) is 13.9. The number of pyridine rings is 1. The normalized spacial score (nSPS) is 10.8. The maximum atomic E-state index is 11.9. The largest absolute Gasteiger partial charge is 0.294 e. The number of nitrogens with zero attached hydrogens (tertiary/aromatic N) is 1. The second-order valence-electron chi connectivity index (χ2n) is 4.91. The molecule has 0 radical (unpaired) electrons. The van der Waals surface area contributed by atoms with Crippen LogP contribution >= 0.6 is 0 Å². The Morgan fingerprint density at radius 1 is 1.29 bits per heavy atom. The van der Waals surface area contributed by atoms with Gasteiger partial charge in [-0.15, -0.1) is 0 Å². The van der Waals surface area contributed by atoms with Crippen LogP contribution in [0, 0.1) is 5.92 Å². The quantitative estimate of drug-likeness (QED) is 0.402. The topological polar surface area (TPSA) is 20.9 Å². The van der Waals surface area contributed by atoms with Crippen LogP contribution < -0.4 is 4.57 Å². The molecule has 0 spiro atoms. The average Bonchev–Trinajstić information content (AvgIpc) is 2.34. The van der Waals surface area contributed by atoms with Gasteiger partial charge >= 0.3 is 0 Å². The first-order valence-corrected chi connectivity index (χ1v) is 6.68. The van der Waals surface area contributed by atoms with Crippen molar-refractivity contribution >= 4 is 5.78 Å². The van der Waals surface area contributed by atoms with E-state index in [1.807, 2.05) is 38.4 Å². The van der Waals surface area contributed by atoms with Gasteiger partial charge in [0.15, 0.2) is 18.2 Å². The number of hydrogen-bond acceptors (Lipinski definition) is 1. The highest BCUT2D eigenvalue weighted by Gasteiger charge is 2.13. The molecule has 0 aromatic carbocycles. The van der Waals surface area contributed by atoms with E-state index in [-0.39, 0.29) is 11.7 Å². The Morgan fingerprint density at radius 2 is 2.06 bits per heavy atom. The highest BCUT2D eigenvalue weighted by atomic mass is 16.1. The van der Waals surface area contributed by atoms with E-state index in [1.165, 1.54) is 25.7 Å². The minimum atomic E-state index is 0.0749. The standard InChI is InChI=1S/C15H24NO/c1-4-5-6-7-10-16-11-8-9-14(12-16)15(17)13(2)3/h8-9,11-13H,4-7,10H2,1-3H3/q+1. The van der Waals surface area contributed by atoms with Crippen LogP contribution in [0.3, 0.4) is 0 Å². The molecule has 17 heavy (non-hydrogen) atoms. The first-order valence-electron chi connectivity index (χ1n) is 6.68. The zero-order valence-electron chi connectivity index (χ0n) is 11.3. The van der Waals surface area contributed by atoms with Crippen molar-refractivity contribution in [3.05, 3.63) is 30.1 Å². The maximum Gasteiger partial charge on any atom is 0.179 e. The third kappa shape index (κ3) is 4.68. The van der Waals surface area contributed by atoms with Crippen molar-refractivity contribution in [2.75, 3.05) is 0 Å². The molecule has 0 N–H and O–H groups in total. The maximum absolute atomic E-state index is 11.9. The SMILES string of the molecule is CCCCCC[n+]1cccc(C(=O)C(C)C)c1. The smallest absolute Gasteiger partial charge is 0.179 e. The lowest BCUT2D eigenvalue weighted by Crippen LogP contribution is -2.34. The zero-order chi connectivity index (χ0) is 12.7. The molecule has 0 unspecified atom stereocenters. The molecular formula is C15H24NO+. The van der Waals surface area contributed by atoms with Crippen LogP contribution in [-0.2, 0) is 6.54 Å². The van der Waals surface area contributed by atoms with Crippen molar-refractivity contribution in [3.63, 3.8) is 0 Å². The van der Waals surface area contributed by atoms with Gasteiger partial charge in [-0.05, 0) is 12.5 Å². The minimum Gasteiger partial charge on any atom is -0.294 e. The fourth-order valence-electron chi connectivity index (χ4n) is 1.86. The summed E-state index contributed by atoms with van der Waals surface area (Å²) >= 11 is 0. The Labute approximate surface area is 105 Å². The van der Waals surface area contributed by atoms with Gasteiger partial charge in [-0.3, -0.25) is 4.79 Å². The van der Waals surface area contributed by atoms with Gasteiger partial charge in [-0.25, -0.2) is 4.57 Å². The fraction of sp³-hybridized carbons (Fsp3) is 0.600. The molecule has 2 nitrogen and oxygen atoms in total. The second kappa shape index (κ2) is 7.21. The van der Waals surface area contributed by atoms with Crippen molar-refractivity contribution in [2.45, 2.75) is 53.0 Å². The second-order valence-corrected chi connectivity index (χ2v) is 4.91. The lowest BCUT2D eigenvalue weighted by atomic mass is 10.0. The summed E-state index contributed by atoms with van der Waals surface area (Å²) in [5.41, 5.74) is 0.831. The van der Waals surface area contributed by atoms with Gasteiger partial charge in [0, 0.05) is 18.4 Å². The van der Waals surface area contributed by atoms with Crippen LogP contribution in [-0.4, -0.2) is 5.78 Å².